The first kappa shape index (κ1) is 68.6. The van der Waals surface area contributed by atoms with E-state index in [1.165, 1.54) is 122 Å². The second-order valence-electron chi connectivity index (χ2n) is 21.9. The molecule has 3 fully saturated rings. The zero-order valence-electron chi connectivity index (χ0n) is 45.9. The lowest BCUT2D eigenvalue weighted by Crippen LogP contribution is -2.66. The lowest BCUT2D eigenvalue weighted by Gasteiger charge is -2.48. The monoisotopic (exact) mass is 1120 g/mol. The Balaban J connectivity index is 1.54. The van der Waals surface area contributed by atoms with Crippen LogP contribution in [0.25, 0.3) is 0 Å². The summed E-state index contributed by atoms with van der Waals surface area (Å²) in [5.41, 5.74) is 0. The summed E-state index contributed by atoms with van der Waals surface area (Å²) in [6.07, 6.45) is 6.52. The summed E-state index contributed by atoms with van der Waals surface area (Å²) in [5.74, 6) is -2.11. The van der Waals surface area contributed by atoms with Crippen LogP contribution >= 0.6 is 0 Å². The molecule has 75 heavy (non-hydrogen) atoms. The topological polar surface area (TPSA) is 306 Å². The highest BCUT2D eigenvalue weighted by Gasteiger charge is 2.53. The molecule has 0 amide bonds. The molecule has 3 rings (SSSR count). The van der Waals surface area contributed by atoms with Crippen LogP contribution < -0.4 is 0 Å². The number of rotatable bonds is 43. The van der Waals surface area contributed by atoms with Gasteiger partial charge in [0.2, 0.25) is 0 Å². The molecule has 3 aliphatic rings. The first-order valence-electron chi connectivity index (χ1n) is 29.2. The second-order valence-corrected chi connectivity index (χ2v) is 26.4. The van der Waals surface area contributed by atoms with Crippen molar-refractivity contribution < 1.29 is 91.2 Å². The highest BCUT2D eigenvalue weighted by Crippen LogP contribution is 2.33. The van der Waals surface area contributed by atoms with Crippen molar-refractivity contribution in [2.45, 2.75) is 293 Å². The van der Waals surface area contributed by atoms with Gasteiger partial charge in [0.25, 0.3) is 0 Å². The van der Waals surface area contributed by atoms with Gasteiger partial charge in [-0.3, -0.25) is 0 Å². The molecule has 0 aromatic carbocycles. The predicted octanol–water partition coefficient (Wildman–Crippen LogP) is 4.89. The van der Waals surface area contributed by atoms with Gasteiger partial charge in [-0.25, -0.2) is 16.8 Å². The normalized spacial score (nSPS) is 30.9. The third kappa shape index (κ3) is 25.7. The van der Waals surface area contributed by atoms with E-state index < -0.39 is 149 Å². The highest BCUT2D eigenvalue weighted by atomic mass is 32.2. The van der Waals surface area contributed by atoms with Gasteiger partial charge < -0.3 is 74.4 Å². The van der Waals surface area contributed by atoms with Crippen molar-refractivity contribution in [2.24, 2.45) is 5.92 Å². The van der Waals surface area contributed by atoms with Crippen molar-refractivity contribution >= 4 is 19.7 Å². The van der Waals surface area contributed by atoms with Gasteiger partial charge >= 0.3 is 0 Å². The van der Waals surface area contributed by atoms with Crippen LogP contribution in [0, 0.1) is 5.92 Å². The summed E-state index contributed by atoms with van der Waals surface area (Å²) in [5, 5.41) is 95.3. The first-order chi connectivity index (χ1) is 35.9. The van der Waals surface area contributed by atoms with Gasteiger partial charge in [-0.05, 0) is 19.8 Å². The molecule has 3 aliphatic heterocycles. The standard InChI is InChI=1S/C54H104O19S2/c1-4-6-8-10-12-14-16-18-20-22-24-26-28-30-32-74(64,65)37-40(38-75(66,67)33-31-29-27-25-23-21-19-17-15-13-11-9-7-5-2)36-68-52-48(62)45(59)50(39(3)69-52)72-54-49(63)46(60)51(42(35-56)71-54)73-53-47(61)44(58)43(57)41(34-55)70-53/h39-63H,4-38H2,1-3H3/t39-,41-,42-,43+,44+,45-,46-,47-,48-,49-,50-,51+,52-,53-,54+/m1/s1. The Kier molecular flexibility index (Phi) is 34.8. The zero-order valence-corrected chi connectivity index (χ0v) is 47.5. The summed E-state index contributed by atoms with van der Waals surface area (Å²) in [4.78, 5) is 0. The Morgan fingerprint density at radius 3 is 1.13 bits per heavy atom. The molecular formula is C54H104O19S2. The maximum absolute atomic E-state index is 13.6. The molecule has 0 bridgehead atoms. The molecule has 0 aromatic rings. The maximum atomic E-state index is 13.6. The first-order valence-corrected chi connectivity index (χ1v) is 32.8. The largest absolute Gasteiger partial charge is 0.394 e. The molecule has 0 aromatic heterocycles. The molecule has 0 radical (unpaired) electrons. The number of sulfone groups is 2. The van der Waals surface area contributed by atoms with Crippen molar-refractivity contribution in [3.8, 4) is 0 Å². The van der Waals surface area contributed by atoms with Crippen LogP contribution in [0.2, 0.25) is 0 Å². The number of aliphatic hydroxyl groups excluding tert-OH is 9. The number of unbranched alkanes of at least 4 members (excludes halogenated alkanes) is 26. The van der Waals surface area contributed by atoms with Gasteiger partial charge in [0.15, 0.2) is 38.5 Å². The van der Waals surface area contributed by atoms with Gasteiger partial charge in [0.1, 0.15) is 67.1 Å². The lowest BCUT2D eigenvalue weighted by atomic mass is 9.96. The minimum Gasteiger partial charge on any atom is -0.394 e. The van der Waals surface area contributed by atoms with Gasteiger partial charge in [-0.2, -0.15) is 0 Å². The SMILES string of the molecule is CCCCCCCCCCCCCCCCS(=O)(=O)CC(CO[C@@H]1O[C@H](C)[C@@H](O[C@@H]2O[C@H](CO)[C@H](O[C@H]3O[C@H](CO)[C@H](O)[C@H](O)[C@H]3O)[C@H](O)[C@H]2O)[C@H](O)[C@H]1O)CS(=O)(=O)CCCCCCCCCCCCCCCC. The minimum absolute atomic E-state index is 0.0978. The van der Waals surface area contributed by atoms with E-state index in [2.05, 4.69) is 13.8 Å². The quantitative estimate of drug-likeness (QED) is 0.0367. The molecule has 21 heteroatoms. The van der Waals surface area contributed by atoms with Crippen LogP contribution in [-0.4, -0.2) is 198 Å². The minimum atomic E-state index is -3.73. The lowest BCUT2D eigenvalue weighted by molar-refractivity contribution is -0.377. The van der Waals surface area contributed by atoms with E-state index in [0.29, 0.717) is 12.8 Å². The Bertz CT molecular complexity index is 1590. The number of hydrogen-bond acceptors (Lipinski definition) is 19. The van der Waals surface area contributed by atoms with Gasteiger partial charge in [0.05, 0.1) is 48.9 Å². The predicted molar refractivity (Wildman–Crippen MR) is 285 cm³/mol. The van der Waals surface area contributed by atoms with Crippen LogP contribution in [-0.2, 0) is 48.1 Å². The van der Waals surface area contributed by atoms with E-state index in [-0.39, 0.29) is 11.5 Å². The summed E-state index contributed by atoms with van der Waals surface area (Å²) in [6, 6.07) is 0. The van der Waals surface area contributed by atoms with Crippen LogP contribution in [0.1, 0.15) is 201 Å². The molecule has 19 nitrogen and oxygen atoms in total. The van der Waals surface area contributed by atoms with E-state index >= 15 is 0 Å². The van der Waals surface area contributed by atoms with E-state index in [1.54, 1.807) is 0 Å². The molecule has 9 N–H and O–H groups in total. The Labute approximate surface area is 450 Å². The summed E-state index contributed by atoms with van der Waals surface area (Å²) in [6.45, 7) is 3.88. The fraction of sp³-hybridized carbons (Fsp3) is 1.00. The highest BCUT2D eigenvalue weighted by molar-refractivity contribution is 7.92. The average Bonchev–Trinajstić information content (AvgIpc) is 3.37. The van der Waals surface area contributed by atoms with Crippen LogP contribution in [0.15, 0.2) is 0 Å². The van der Waals surface area contributed by atoms with Crippen molar-refractivity contribution in [1.82, 2.24) is 0 Å². The molecular weight excluding hydrogens is 1020 g/mol. The van der Waals surface area contributed by atoms with Crippen molar-refractivity contribution in [1.29, 1.82) is 0 Å². The fourth-order valence-electron chi connectivity index (χ4n) is 10.4. The number of ether oxygens (including phenoxy) is 6. The van der Waals surface area contributed by atoms with Crippen LogP contribution in [0.5, 0.6) is 0 Å². The Morgan fingerprint density at radius 2 is 0.733 bits per heavy atom. The van der Waals surface area contributed by atoms with Crippen molar-refractivity contribution in [3.63, 3.8) is 0 Å². The number of aliphatic hydroxyl groups is 9. The molecule has 3 saturated heterocycles. The second kappa shape index (κ2) is 38.1. The van der Waals surface area contributed by atoms with E-state index in [0.717, 1.165) is 51.4 Å². The number of hydrogen-bond donors (Lipinski definition) is 9. The summed E-state index contributed by atoms with van der Waals surface area (Å²) >= 11 is 0. The van der Waals surface area contributed by atoms with Crippen molar-refractivity contribution in [2.75, 3.05) is 42.8 Å². The Morgan fingerprint density at radius 1 is 0.400 bits per heavy atom. The third-order valence-corrected chi connectivity index (χ3v) is 18.9. The molecule has 0 saturated carbocycles. The van der Waals surface area contributed by atoms with Crippen molar-refractivity contribution in [3.05, 3.63) is 0 Å². The van der Waals surface area contributed by atoms with E-state index in [4.69, 9.17) is 28.4 Å². The summed E-state index contributed by atoms with van der Waals surface area (Å²) < 4.78 is 88.6. The molecule has 446 valence electrons. The van der Waals surface area contributed by atoms with Crippen LogP contribution in [0.3, 0.4) is 0 Å². The van der Waals surface area contributed by atoms with Gasteiger partial charge in [-0.15, -0.1) is 0 Å². The molecule has 0 spiro atoms. The third-order valence-electron chi connectivity index (χ3n) is 15.1. The molecule has 15 atom stereocenters. The Hall–Kier alpha value is -0.700. The van der Waals surface area contributed by atoms with Gasteiger partial charge in [-0.1, -0.05) is 181 Å². The molecule has 3 heterocycles. The smallest absolute Gasteiger partial charge is 0.187 e. The molecule has 0 unspecified atom stereocenters. The maximum Gasteiger partial charge on any atom is 0.187 e. The fourth-order valence-corrected chi connectivity index (χ4v) is 14.1. The van der Waals surface area contributed by atoms with Gasteiger partial charge in [0, 0.05) is 5.92 Å². The summed E-state index contributed by atoms with van der Waals surface area (Å²) in [7, 11) is -7.45. The zero-order chi connectivity index (χ0) is 55.2. The average molecular weight is 1120 g/mol. The molecule has 0 aliphatic carbocycles. The van der Waals surface area contributed by atoms with E-state index in [9.17, 15) is 62.8 Å². The van der Waals surface area contributed by atoms with Crippen LogP contribution in [0.4, 0.5) is 0 Å². The van der Waals surface area contributed by atoms with E-state index in [1.807, 2.05) is 0 Å².